The second-order valence-electron chi connectivity index (χ2n) is 4.96. The van der Waals surface area contributed by atoms with E-state index in [9.17, 15) is 0 Å². The lowest BCUT2D eigenvalue weighted by molar-refractivity contribution is 0.684. The molecule has 1 aromatic carbocycles. The summed E-state index contributed by atoms with van der Waals surface area (Å²) in [5.41, 5.74) is 4.20. The highest BCUT2D eigenvalue weighted by Gasteiger charge is 2.20. The second-order valence-corrected chi connectivity index (χ2v) is 4.96. The van der Waals surface area contributed by atoms with Crippen molar-refractivity contribution in [3.63, 3.8) is 0 Å². The van der Waals surface area contributed by atoms with Crippen LogP contribution in [0.3, 0.4) is 0 Å². The Balaban J connectivity index is 2.15. The van der Waals surface area contributed by atoms with Gasteiger partial charge in [0.2, 0.25) is 0 Å². The van der Waals surface area contributed by atoms with Crippen LogP contribution in [0.4, 0.5) is 5.69 Å². The van der Waals surface area contributed by atoms with Gasteiger partial charge in [0.05, 0.1) is 0 Å². The van der Waals surface area contributed by atoms with E-state index >= 15 is 0 Å². The maximum absolute atomic E-state index is 3.62. The van der Waals surface area contributed by atoms with Gasteiger partial charge in [-0.2, -0.15) is 0 Å². The van der Waals surface area contributed by atoms with E-state index < -0.39 is 0 Å². The molecule has 1 fully saturated rings. The average molecular weight is 232 g/mol. The van der Waals surface area contributed by atoms with Gasteiger partial charge in [-0.05, 0) is 45.2 Å². The summed E-state index contributed by atoms with van der Waals surface area (Å²) in [5, 5.41) is 3.62. The molecule has 2 heteroatoms. The van der Waals surface area contributed by atoms with Crippen molar-refractivity contribution >= 4 is 5.69 Å². The first-order chi connectivity index (χ1) is 8.24. The number of hydrogen-bond acceptors (Lipinski definition) is 2. The molecule has 0 aromatic heterocycles. The van der Waals surface area contributed by atoms with Crippen LogP contribution in [0.25, 0.3) is 0 Å². The second kappa shape index (κ2) is 5.54. The molecule has 1 N–H and O–H groups in total. The zero-order chi connectivity index (χ0) is 12.3. The molecule has 0 bridgehead atoms. The van der Waals surface area contributed by atoms with Gasteiger partial charge in [0.15, 0.2) is 0 Å². The smallest absolute Gasteiger partial charge is 0.0411 e. The number of nitrogens with one attached hydrogen (secondary N) is 1. The lowest BCUT2D eigenvalue weighted by Crippen LogP contribution is -2.25. The summed E-state index contributed by atoms with van der Waals surface area (Å²) in [6.07, 6.45) is 2.71. The number of anilines is 1. The third-order valence-electron chi connectivity index (χ3n) is 3.50. The Morgan fingerprint density at radius 2 is 1.94 bits per heavy atom. The first-order valence-corrected chi connectivity index (χ1v) is 6.82. The maximum atomic E-state index is 3.62. The first-order valence-electron chi connectivity index (χ1n) is 6.82. The third-order valence-corrected chi connectivity index (χ3v) is 3.50. The van der Waals surface area contributed by atoms with Crippen molar-refractivity contribution in [3.05, 3.63) is 29.3 Å². The van der Waals surface area contributed by atoms with E-state index in [4.69, 9.17) is 0 Å². The number of rotatable bonds is 6. The van der Waals surface area contributed by atoms with E-state index in [1.165, 1.54) is 29.7 Å². The zero-order valence-electron chi connectivity index (χ0n) is 11.3. The molecule has 94 valence electrons. The molecule has 1 saturated carbocycles. The van der Waals surface area contributed by atoms with Crippen LogP contribution in [-0.4, -0.2) is 19.1 Å². The van der Waals surface area contributed by atoms with E-state index in [1.54, 1.807) is 0 Å². The molecule has 17 heavy (non-hydrogen) atoms. The van der Waals surface area contributed by atoms with Crippen LogP contribution in [0.15, 0.2) is 18.2 Å². The number of benzene rings is 1. The van der Waals surface area contributed by atoms with Crippen molar-refractivity contribution in [3.8, 4) is 0 Å². The number of hydrogen-bond donors (Lipinski definition) is 1. The molecule has 0 saturated heterocycles. The Morgan fingerprint density at radius 1 is 1.24 bits per heavy atom. The van der Waals surface area contributed by atoms with Crippen molar-refractivity contribution in [2.75, 3.05) is 18.0 Å². The molecular formula is C15H24N2. The van der Waals surface area contributed by atoms with E-state index in [0.29, 0.717) is 0 Å². The zero-order valence-corrected chi connectivity index (χ0v) is 11.3. The molecule has 0 spiro atoms. The molecule has 1 aromatic rings. The van der Waals surface area contributed by atoms with Gasteiger partial charge in [-0.25, -0.2) is 0 Å². The monoisotopic (exact) mass is 232 g/mol. The lowest BCUT2D eigenvalue weighted by Gasteiger charge is -2.24. The third kappa shape index (κ3) is 3.22. The highest BCUT2D eigenvalue weighted by atomic mass is 15.1. The van der Waals surface area contributed by atoms with Gasteiger partial charge >= 0.3 is 0 Å². The van der Waals surface area contributed by atoms with Crippen LogP contribution in [0.5, 0.6) is 0 Å². The van der Waals surface area contributed by atoms with Gasteiger partial charge < -0.3 is 10.2 Å². The predicted molar refractivity (Wildman–Crippen MR) is 74.6 cm³/mol. The highest BCUT2D eigenvalue weighted by molar-refractivity contribution is 5.55. The molecule has 2 rings (SSSR count). The number of aryl methyl sites for hydroxylation is 1. The Bertz CT molecular complexity index is 365. The van der Waals surface area contributed by atoms with E-state index in [-0.39, 0.29) is 0 Å². The minimum absolute atomic E-state index is 0.778. The van der Waals surface area contributed by atoms with E-state index in [2.05, 4.69) is 49.2 Å². The molecule has 0 radical (unpaired) electrons. The molecule has 0 amide bonds. The highest BCUT2D eigenvalue weighted by Crippen LogP contribution is 2.24. The molecule has 0 atom stereocenters. The summed E-state index contributed by atoms with van der Waals surface area (Å²) in [6, 6.07) is 7.59. The Kier molecular flexibility index (Phi) is 4.06. The van der Waals surface area contributed by atoms with Crippen LogP contribution in [0, 0.1) is 6.92 Å². The summed E-state index contributed by atoms with van der Waals surface area (Å²) < 4.78 is 0. The van der Waals surface area contributed by atoms with Crippen molar-refractivity contribution in [2.24, 2.45) is 0 Å². The molecule has 1 aliphatic rings. The van der Waals surface area contributed by atoms with E-state index in [1.807, 2.05) is 0 Å². The Morgan fingerprint density at radius 3 is 2.53 bits per heavy atom. The van der Waals surface area contributed by atoms with Crippen LogP contribution in [0.1, 0.15) is 37.8 Å². The molecule has 0 unspecified atom stereocenters. The Hall–Kier alpha value is -1.02. The topological polar surface area (TPSA) is 15.3 Å². The fourth-order valence-electron chi connectivity index (χ4n) is 2.27. The van der Waals surface area contributed by atoms with Gasteiger partial charge in [-0.3, -0.25) is 0 Å². The molecule has 1 aliphatic carbocycles. The fourth-order valence-corrected chi connectivity index (χ4v) is 2.27. The van der Waals surface area contributed by atoms with Gasteiger partial charge in [0, 0.05) is 31.4 Å². The van der Waals surface area contributed by atoms with Gasteiger partial charge in [0.1, 0.15) is 0 Å². The summed E-state index contributed by atoms with van der Waals surface area (Å²) in [5.74, 6) is 0. The minimum Gasteiger partial charge on any atom is -0.372 e. The number of nitrogens with zero attached hydrogens (tertiary/aromatic N) is 1. The minimum atomic E-state index is 0.778. The normalized spacial score (nSPS) is 15.0. The van der Waals surface area contributed by atoms with Gasteiger partial charge in [0.25, 0.3) is 0 Å². The van der Waals surface area contributed by atoms with Gasteiger partial charge in [-0.15, -0.1) is 0 Å². The lowest BCUT2D eigenvalue weighted by atomic mass is 10.1. The SMILES string of the molecule is CCN(CC)c1ccc(C)cc1CNC1CC1. The summed E-state index contributed by atoms with van der Waals surface area (Å²) in [4.78, 5) is 2.43. The van der Waals surface area contributed by atoms with Crippen LogP contribution < -0.4 is 10.2 Å². The average Bonchev–Trinajstić information content (AvgIpc) is 3.14. The van der Waals surface area contributed by atoms with Crippen molar-refractivity contribution < 1.29 is 0 Å². The Labute approximate surface area is 105 Å². The maximum Gasteiger partial charge on any atom is 0.0411 e. The van der Waals surface area contributed by atoms with Gasteiger partial charge in [-0.1, -0.05) is 17.7 Å². The summed E-state index contributed by atoms with van der Waals surface area (Å²) in [6.45, 7) is 9.79. The largest absolute Gasteiger partial charge is 0.372 e. The predicted octanol–water partition coefficient (Wildman–Crippen LogP) is 3.09. The van der Waals surface area contributed by atoms with Crippen molar-refractivity contribution in [1.29, 1.82) is 0 Å². The van der Waals surface area contributed by atoms with Crippen LogP contribution in [-0.2, 0) is 6.54 Å². The van der Waals surface area contributed by atoms with E-state index in [0.717, 1.165) is 25.7 Å². The standard InChI is InChI=1S/C15H24N2/c1-4-17(5-2)15-9-6-12(3)10-13(15)11-16-14-7-8-14/h6,9-10,14,16H,4-5,7-8,11H2,1-3H3. The molecular weight excluding hydrogens is 208 g/mol. The molecule has 0 heterocycles. The summed E-state index contributed by atoms with van der Waals surface area (Å²) in [7, 11) is 0. The van der Waals surface area contributed by atoms with Crippen molar-refractivity contribution in [1.82, 2.24) is 5.32 Å². The summed E-state index contributed by atoms with van der Waals surface area (Å²) >= 11 is 0. The van der Waals surface area contributed by atoms with Crippen molar-refractivity contribution in [2.45, 2.75) is 46.2 Å². The first kappa shape index (κ1) is 12.4. The molecule has 0 aliphatic heterocycles. The fraction of sp³-hybridized carbons (Fsp3) is 0.600. The quantitative estimate of drug-likeness (QED) is 0.811. The van der Waals surface area contributed by atoms with Crippen LogP contribution >= 0.6 is 0 Å². The van der Waals surface area contributed by atoms with Crippen LogP contribution in [0.2, 0.25) is 0 Å². The molecule has 2 nitrogen and oxygen atoms in total.